The van der Waals surface area contributed by atoms with E-state index >= 15 is 0 Å². The third-order valence-electron chi connectivity index (χ3n) is 6.35. The molecule has 1 aliphatic heterocycles. The van der Waals surface area contributed by atoms with Crippen LogP contribution in [0.15, 0.2) is 78.9 Å². The van der Waals surface area contributed by atoms with E-state index in [1.807, 2.05) is 66.1 Å². The van der Waals surface area contributed by atoms with Crippen molar-refractivity contribution < 1.29 is 9.18 Å². The number of hydrogen-bond donors (Lipinski definition) is 0. The van der Waals surface area contributed by atoms with E-state index in [0.717, 1.165) is 28.1 Å². The molecule has 1 fully saturated rings. The summed E-state index contributed by atoms with van der Waals surface area (Å²) in [7, 11) is 0. The van der Waals surface area contributed by atoms with Crippen molar-refractivity contribution >= 4 is 11.6 Å². The number of carbonyl (C=O) groups is 1. The number of amides is 1. The first-order valence-electron chi connectivity index (χ1n) is 11.5. The molecule has 1 aliphatic rings. The summed E-state index contributed by atoms with van der Waals surface area (Å²) in [6.45, 7) is 6.26. The van der Waals surface area contributed by atoms with Gasteiger partial charge in [-0.2, -0.15) is 5.10 Å². The first-order valence-corrected chi connectivity index (χ1v) is 11.5. The number of piperazine rings is 1. The van der Waals surface area contributed by atoms with Crippen LogP contribution in [0.4, 0.5) is 10.1 Å². The van der Waals surface area contributed by atoms with Gasteiger partial charge in [0.1, 0.15) is 11.5 Å². The van der Waals surface area contributed by atoms with Crippen molar-refractivity contribution in [1.29, 1.82) is 0 Å². The third kappa shape index (κ3) is 4.19. The van der Waals surface area contributed by atoms with Gasteiger partial charge in [0.2, 0.25) is 0 Å². The molecule has 3 aromatic carbocycles. The van der Waals surface area contributed by atoms with Crippen molar-refractivity contribution in [1.82, 2.24) is 14.7 Å². The molecule has 5 rings (SSSR count). The maximum atomic E-state index is 14.2. The lowest BCUT2D eigenvalue weighted by Gasteiger charge is -2.36. The van der Waals surface area contributed by atoms with E-state index in [-0.39, 0.29) is 11.7 Å². The van der Waals surface area contributed by atoms with Gasteiger partial charge in [0.05, 0.1) is 17.1 Å². The number of hydrogen-bond acceptors (Lipinski definition) is 3. The number of halogens is 1. The average molecular weight is 455 g/mol. The lowest BCUT2D eigenvalue weighted by molar-refractivity contribution is 0.0737. The van der Waals surface area contributed by atoms with Gasteiger partial charge in [-0.05, 0) is 49.2 Å². The van der Waals surface area contributed by atoms with E-state index in [0.29, 0.717) is 37.6 Å². The summed E-state index contributed by atoms with van der Waals surface area (Å²) in [5.74, 6) is -0.299. The van der Waals surface area contributed by atoms with E-state index < -0.39 is 0 Å². The minimum atomic E-state index is -0.234. The zero-order chi connectivity index (χ0) is 23.7. The van der Waals surface area contributed by atoms with E-state index in [1.165, 1.54) is 6.07 Å². The number of aryl methyl sites for hydroxylation is 2. The number of rotatable bonds is 4. The Bertz CT molecular complexity index is 1320. The molecule has 6 heteroatoms. The summed E-state index contributed by atoms with van der Waals surface area (Å²) in [6.07, 6.45) is 0. The second kappa shape index (κ2) is 9.14. The quantitative estimate of drug-likeness (QED) is 0.423. The van der Waals surface area contributed by atoms with Crippen LogP contribution in [-0.2, 0) is 0 Å². The Balaban J connectivity index is 1.47. The summed E-state index contributed by atoms with van der Waals surface area (Å²) < 4.78 is 16.0. The molecule has 1 aromatic heterocycles. The second-order valence-electron chi connectivity index (χ2n) is 8.71. The molecule has 4 aromatic rings. The summed E-state index contributed by atoms with van der Waals surface area (Å²) in [5, 5.41) is 4.85. The molecule has 1 amide bonds. The standard InChI is InChI=1S/C28H27FN4O/c1-20-12-13-21(2)26(18-20)33-27(19-24(30-33)22-8-4-3-5-9-22)28(34)32-16-14-31(15-17-32)25-11-7-6-10-23(25)29/h3-13,18-19H,14-17H2,1-2H3. The van der Waals surface area contributed by atoms with E-state index in [9.17, 15) is 9.18 Å². The van der Waals surface area contributed by atoms with Gasteiger partial charge in [0.25, 0.3) is 5.91 Å². The highest BCUT2D eigenvalue weighted by atomic mass is 19.1. The molecular formula is C28H27FN4O. The van der Waals surface area contributed by atoms with Gasteiger partial charge < -0.3 is 9.80 Å². The monoisotopic (exact) mass is 454 g/mol. The molecule has 1 saturated heterocycles. The van der Waals surface area contributed by atoms with E-state index in [1.54, 1.807) is 16.8 Å². The van der Waals surface area contributed by atoms with Crippen LogP contribution in [0.2, 0.25) is 0 Å². The van der Waals surface area contributed by atoms with Gasteiger partial charge in [0.15, 0.2) is 0 Å². The van der Waals surface area contributed by atoms with Crippen LogP contribution in [0.25, 0.3) is 16.9 Å². The first-order chi connectivity index (χ1) is 16.5. The fourth-order valence-electron chi connectivity index (χ4n) is 4.44. The Labute approximate surface area is 199 Å². The van der Waals surface area contributed by atoms with Gasteiger partial charge in [0, 0.05) is 31.7 Å². The SMILES string of the molecule is Cc1ccc(C)c(-n2nc(-c3ccccc3)cc2C(=O)N2CCN(c3ccccc3F)CC2)c1. The molecule has 34 heavy (non-hydrogen) atoms. The lowest BCUT2D eigenvalue weighted by atomic mass is 10.1. The van der Waals surface area contributed by atoms with Crippen LogP contribution in [0.3, 0.4) is 0 Å². The molecule has 0 aliphatic carbocycles. The van der Waals surface area contributed by atoms with Gasteiger partial charge in [-0.1, -0.05) is 54.6 Å². The van der Waals surface area contributed by atoms with Crippen LogP contribution < -0.4 is 4.90 Å². The highest BCUT2D eigenvalue weighted by Gasteiger charge is 2.27. The first kappa shape index (κ1) is 21.9. The van der Waals surface area contributed by atoms with Crippen LogP contribution in [0.5, 0.6) is 0 Å². The largest absolute Gasteiger partial charge is 0.366 e. The highest BCUT2D eigenvalue weighted by Crippen LogP contribution is 2.26. The predicted molar refractivity (Wildman–Crippen MR) is 133 cm³/mol. The zero-order valence-corrected chi connectivity index (χ0v) is 19.4. The molecule has 0 radical (unpaired) electrons. The fraction of sp³-hybridized carbons (Fsp3) is 0.214. The van der Waals surface area contributed by atoms with Crippen molar-refractivity contribution in [3.63, 3.8) is 0 Å². The van der Waals surface area contributed by atoms with Gasteiger partial charge >= 0.3 is 0 Å². The van der Waals surface area contributed by atoms with Crippen molar-refractivity contribution in [2.45, 2.75) is 13.8 Å². The maximum Gasteiger partial charge on any atom is 0.272 e. The minimum absolute atomic E-state index is 0.0660. The van der Waals surface area contributed by atoms with Gasteiger partial charge in [-0.25, -0.2) is 9.07 Å². The number of anilines is 1. The van der Waals surface area contributed by atoms with E-state index in [2.05, 4.69) is 18.2 Å². The molecule has 0 N–H and O–H groups in total. The Kier molecular flexibility index (Phi) is 5.88. The smallest absolute Gasteiger partial charge is 0.272 e. The number of para-hydroxylation sites is 1. The highest BCUT2D eigenvalue weighted by molar-refractivity contribution is 5.94. The number of carbonyl (C=O) groups excluding carboxylic acids is 1. The molecular weight excluding hydrogens is 427 g/mol. The Morgan fingerprint density at radius 1 is 0.824 bits per heavy atom. The van der Waals surface area contributed by atoms with Crippen LogP contribution in [0.1, 0.15) is 21.6 Å². The molecule has 0 bridgehead atoms. The maximum absolute atomic E-state index is 14.2. The third-order valence-corrected chi connectivity index (χ3v) is 6.35. The summed E-state index contributed by atoms with van der Waals surface area (Å²) in [5.41, 5.74) is 5.89. The topological polar surface area (TPSA) is 41.4 Å². The molecule has 0 spiro atoms. The Hall–Kier alpha value is -3.93. The molecule has 0 atom stereocenters. The van der Waals surface area contributed by atoms with Gasteiger partial charge in [-0.15, -0.1) is 0 Å². The number of aromatic nitrogens is 2. The van der Waals surface area contributed by atoms with Crippen molar-refractivity contribution in [3.8, 4) is 16.9 Å². The lowest BCUT2D eigenvalue weighted by Crippen LogP contribution is -2.49. The molecule has 0 saturated carbocycles. The Morgan fingerprint density at radius 2 is 1.53 bits per heavy atom. The Morgan fingerprint density at radius 3 is 2.26 bits per heavy atom. The van der Waals surface area contributed by atoms with Crippen LogP contribution >= 0.6 is 0 Å². The number of benzene rings is 3. The fourth-order valence-corrected chi connectivity index (χ4v) is 4.44. The van der Waals surface area contributed by atoms with Crippen LogP contribution in [0, 0.1) is 19.7 Å². The molecule has 0 unspecified atom stereocenters. The van der Waals surface area contributed by atoms with Gasteiger partial charge in [-0.3, -0.25) is 4.79 Å². The van der Waals surface area contributed by atoms with E-state index in [4.69, 9.17) is 5.10 Å². The summed E-state index contributed by atoms with van der Waals surface area (Å²) in [4.78, 5) is 17.6. The molecule has 172 valence electrons. The predicted octanol–water partition coefficient (Wildman–Crippen LogP) is 5.26. The van der Waals surface area contributed by atoms with Crippen molar-refractivity contribution in [3.05, 3.63) is 102 Å². The van der Waals surface area contributed by atoms with Crippen molar-refractivity contribution in [2.75, 3.05) is 31.1 Å². The summed E-state index contributed by atoms with van der Waals surface area (Å²) >= 11 is 0. The zero-order valence-electron chi connectivity index (χ0n) is 19.4. The average Bonchev–Trinajstić information content (AvgIpc) is 3.31. The normalized spacial score (nSPS) is 13.9. The molecule has 5 nitrogen and oxygen atoms in total. The summed E-state index contributed by atoms with van der Waals surface area (Å²) in [6, 6.07) is 24.7. The van der Waals surface area contributed by atoms with Crippen molar-refractivity contribution in [2.24, 2.45) is 0 Å². The number of nitrogens with zero attached hydrogens (tertiary/aromatic N) is 4. The second-order valence-corrected chi connectivity index (χ2v) is 8.71. The van der Waals surface area contributed by atoms with Crippen LogP contribution in [-0.4, -0.2) is 46.8 Å². The minimum Gasteiger partial charge on any atom is -0.366 e. The molecule has 2 heterocycles.